The number of amides is 1. The minimum atomic E-state index is -0.439. The standard InChI is InChI=1S/C23H24Cl2N2O3/c24-19-3-1-2-15(22(19)25)12-27(16-6-7-16)23(30)21-18(10-11-26-20(21)13-28)14-4-8-17(29)9-5-14/h1-5,8-9,16,20,26,28-29H,6-7,10-13H2. The highest BCUT2D eigenvalue weighted by molar-refractivity contribution is 6.42. The molecular weight excluding hydrogens is 423 g/mol. The van der Waals surface area contributed by atoms with Crippen LogP contribution < -0.4 is 5.32 Å². The zero-order valence-electron chi connectivity index (χ0n) is 16.4. The first-order valence-corrected chi connectivity index (χ1v) is 10.9. The van der Waals surface area contributed by atoms with Crippen molar-refractivity contribution in [2.24, 2.45) is 0 Å². The number of halogens is 2. The highest BCUT2D eigenvalue weighted by Crippen LogP contribution is 2.36. The van der Waals surface area contributed by atoms with Crippen molar-refractivity contribution >= 4 is 34.7 Å². The Balaban J connectivity index is 1.73. The van der Waals surface area contributed by atoms with Crippen LogP contribution in [-0.4, -0.2) is 46.3 Å². The number of aromatic hydroxyl groups is 1. The molecule has 0 saturated heterocycles. The van der Waals surface area contributed by atoms with Crippen molar-refractivity contribution in [1.82, 2.24) is 10.2 Å². The lowest BCUT2D eigenvalue weighted by Crippen LogP contribution is -2.46. The summed E-state index contributed by atoms with van der Waals surface area (Å²) in [6.07, 6.45) is 2.56. The molecule has 1 saturated carbocycles. The van der Waals surface area contributed by atoms with Gasteiger partial charge in [-0.25, -0.2) is 0 Å². The van der Waals surface area contributed by atoms with Crippen LogP contribution in [0.4, 0.5) is 0 Å². The molecule has 2 aromatic carbocycles. The van der Waals surface area contributed by atoms with Crippen LogP contribution in [0.5, 0.6) is 5.75 Å². The van der Waals surface area contributed by atoms with Gasteiger partial charge in [0.25, 0.3) is 5.91 Å². The number of phenols is 1. The lowest BCUT2D eigenvalue weighted by molar-refractivity contribution is -0.128. The van der Waals surface area contributed by atoms with Crippen LogP contribution in [0.3, 0.4) is 0 Å². The third-order valence-electron chi connectivity index (χ3n) is 5.69. The summed E-state index contributed by atoms with van der Waals surface area (Å²) in [6, 6.07) is 12.0. The molecule has 2 aliphatic rings. The molecule has 7 heteroatoms. The molecule has 0 radical (unpaired) electrons. The maximum absolute atomic E-state index is 13.8. The van der Waals surface area contributed by atoms with Gasteiger partial charge < -0.3 is 20.4 Å². The number of carbonyl (C=O) groups excluding carboxylic acids is 1. The first-order chi connectivity index (χ1) is 14.5. The van der Waals surface area contributed by atoms with Crippen LogP contribution in [-0.2, 0) is 11.3 Å². The Bertz CT molecular complexity index is 971. The van der Waals surface area contributed by atoms with Gasteiger partial charge in [-0.15, -0.1) is 0 Å². The summed E-state index contributed by atoms with van der Waals surface area (Å²) in [6.45, 7) is 0.869. The van der Waals surface area contributed by atoms with Gasteiger partial charge in [0.05, 0.1) is 22.7 Å². The Hall–Kier alpha value is -2.05. The Labute approximate surface area is 185 Å². The van der Waals surface area contributed by atoms with E-state index in [1.165, 1.54) is 0 Å². The normalized spacial score (nSPS) is 19.1. The molecule has 1 aliphatic heterocycles. The number of nitrogens with one attached hydrogen (secondary N) is 1. The SMILES string of the molecule is O=C(C1=C(c2ccc(O)cc2)CCNC1CO)N(Cc1cccc(Cl)c1Cl)C1CC1. The molecule has 1 aliphatic carbocycles. The number of hydrogen-bond acceptors (Lipinski definition) is 4. The lowest BCUT2D eigenvalue weighted by atomic mass is 9.88. The monoisotopic (exact) mass is 446 g/mol. The van der Waals surface area contributed by atoms with E-state index in [0.29, 0.717) is 35.1 Å². The Kier molecular flexibility index (Phi) is 6.34. The second-order valence-corrected chi connectivity index (χ2v) is 8.54. The van der Waals surface area contributed by atoms with Gasteiger partial charge >= 0.3 is 0 Å². The van der Waals surface area contributed by atoms with Crippen molar-refractivity contribution in [2.75, 3.05) is 13.2 Å². The van der Waals surface area contributed by atoms with Crippen molar-refractivity contribution in [3.05, 3.63) is 69.2 Å². The van der Waals surface area contributed by atoms with Crippen LogP contribution >= 0.6 is 23.2 Å². The predicted molar refractivity (Wildman–Crippen MR) is 119 cm³/mol. The smallest absolute Gasteiger partial charge is 0.252 e. The van der Waals surface area contributed by atoms with E-state index in [0.717, 1.165) is 29.5 Å². The fourth-order valence-electron chi connectivity index (χ4n) is 3.98. The average Bonchev–Trinajstić information content (AvgIpc) is 3.59. The van der Waals surface area contributed by atoms with Gasteiger partial charge in [0, 0.05) is 18.2 Å². The minimum Gasteiger partial charge on any atom is -0.508 e. The second-order valence-electron chi connectivity index (χ2n) is 7.76. The number of aliphatic hydroxyl groups excluding tert-OH is 1. The highest BCUT2D eigenvalue weighted by Gasteiger charge is 2.38. The Morgan fingerprint density at radius 3 is 2.53 bits per heavy atom. The Morgan fingerprint density at radius 2 is 1.87 bits per heavy atom. The number of nitrogens with zero attached hydrogens (tertiary/aromatic N) is 1. The topological polar surface area (TPSA) is 72.8 Å². The van der Waals surface area contributed by atoms with Gasteiger partial charge in [0.1, 0.15) is 5.75 Å². The number of benzene rings is 2. The van der Waals surface area contributed by atoms with Crippen LogP contribution in [0, 0.1) is 0 Å². The van der Waals surface area contributed by atoms with Gasteiger partial charge in [0.15, 0.2) is 0 Å². The highest BCUT2D eigenvalue weighted by atomic mass is 35.5. The average molecular weight is 447 g/mol. The number of rotatable bonds is 6. The van der Waals surface area contributed by atoms with E-state index in [2.05, 4.69) is 5.32 Å². The van der Waals surface area contributed by atoms with E-state index in [4.69, 9.17) is 23.2 Å². The van der Waals surface area contributed by atoms with Crippen molar-refractivity contribution in [3.63, 3.8) is 0 Å². The molecular formula is C23H24Cl2N2O3. The summed E-state index contributed by atoms with van der Waals surface area (Å²) in [5, 5.41) is 23.8. The number of carbonyl (C=O) groups is 1. The summed E-state index contributed by atoms with van der Waals surface area (Å²) in [4.78, 5) is 15.6. The molecule has 1 fully saturated rings. The first kappa shape index (κ1) is 21.2. The largest absolute Gasteiger partial charge is 0.508 e. The van der Waals surface area contributed by atoms with Gasteiger partial charge in [-0.1, -0.05) is 47.5 Å². The third kappa shape index (κ3) is 4.35. The first-order valence-electron chi connectivity index (χ1n) is 10.1. The van der Waals surface area contributed by atoms with E-state index in [-0.39, 0.29) is 24.3 Å². The maximum atomic E-state index is 13.8. The molecule has 0 bridgehead atoms. The zero-order valence-corrected chi connectivity index (χ0v) is 18.0. The molecule has 5 nitrogen and oxygen atoms in total. The summed E-state index contributed by atoms with van der Waals surface area (Å²) in [7, 11) is 0. The van der Waals surface area contributed by atoms with Crippen molar-refractivity contribution in [3.8, 4) is 5.75 Å². The Morgan fingerprint density at radius 1 is 1.13 bits per heavy atom. The van der Waals surface area contributed by atoms with Gasteiger partial charge in [-0.3, -0.25) is 4.79 Å². The van der Waals surface area contributed by atoms with Crippen molar-refractivity contribution in [2.45, 2.75) is 37.9 Å². The fraction of sp³-hybridized carbons (Fsp3) is 0.348. The summed E-state index contributed by atoms with van der Waals surface area (Å²) in [5.41, 5.74) is 3.17. The van der Waals surface area contributed by atoms with Crippen LogP contribution in [0.2, 0.25) is 10.0 Å². The summed E-state index contributed by atoms with van der Waals surface area (Å²) in [5.74, 6) is 0.0814. The van der Waals surface area contributed by atoms with Crippen LogP contribution in [0.15, 0.2) is 48.0 Å². The zero-order chi connectivity index (χ0) is 21.3. The van der Waals surface area contributed by atoms with E-state index in [1.807, 2.05) is 29.2 Å². The van der Waals surface area contributed by atoms with E-state index >= 15 is 0 Å². The molecule has 1 amide bonds. The van der Waals surface area contributed by atoms with Gasteiger partial charge in [-0.2, -0.15) is 0 Å². The molecule has 2 aromatic rings. The van der Waals surface area contributed by atoms with Crippen LogP contribution in [0.25, 0.3) is 5.57 Å². The number of aliphatic hydroxyl groups is 1. The van der Waals surface area contributed by atoms with Gasteiger partial charge in [0.2, 0.25) is 0 Å². The summed E-state index contributed by atoms with van der Waals surface area (Å²) < 4.78 is 0. The molecule has 0 aromatic heterocycles. The molecule has 1 atom stereocenters. The molecule has 0 spiro atoms. The quantitative estimate of drug-likeness (QED) is 0.626. The number of hydrogen-bond donors (Lipinski definition) is 3. The van der Waals surface area contributed by atoms with E-state index in [1.54, 1.807) is 18.2 Å². The summed E-state index contributed by atoms with van der Waals surface area (Å²) >= 11 is 12.6. The second kappa shape index (κ2) is 8.98. The van der Waals surface area contributed by atoms with Gasteiger partial charge in [-0.05, 0) is 60.7 Å². The molecule has 1 unspecified atom stereocenters. The third-order valence-corrected chi connectivity index (χ3v) is 6.55. The van der Waals surface area contributed by atoms with E-state index < -0.39 is 6.04 Å². The van der Waals surface area contributed by atoms with Crippen molar-refractivity contribution < 1.29 is 15.0 Å². The lowest BCUT2D eigenvalue weighted by Gasteiger charge is -2.33. The molecule has 4 rings (SSSR count). The predicted octanol–water partition coefficient (Wildman–Crippen LogP) is 4.00. The molecule has 1 heterocycles. The molecule has 30 heavy (non-hydrogen) atoms. The number of phenolic OH excluding ortho intramolecular Hbond substituents is 1. The van der Waals surface area contributed by atoms with Crippen LogP contribution in [0.1, 0.15) is 30.4 Å². The van der Waals surface area contributed by atoms with E-state index in [9.17, 15) is 15.0 Å². The molecule has 158 valence electrons. The van der Waals surface area contributed by atoms with Crippen molar-refractivity contribution in [1.29, 1.82) is 0 Å². The minimum absolute atomic E-state index is 0.0946. The molecule has 3 N–H and O–H groups in total. The fourth-order valence-corrected chi connectivity index (χ4v) is 4.36. The maximum Gasteiger partial charge on any atom is 0.252 e.